The van der Waals surface area contributed by atoms with E-state index in [1.54, 1.807) is 7.11 Å². The van der Waals surface area contributed by atoms with E-state index in [1.165, 1.54) is 0 Å². The second kappa shape index (κ2) is 7.20. The molecule has 0 spiro atoms. The standard InChI is InChI=1S/C22H25NO3/c1-26-14-13-23-16-9-5-11-18(24)21(16)20(15-7-3-2-4-8-15)22-17(23)10-6-12-19(22)25/h2-4,7-8,20H,5-6,9-14H2,1H3. The Morgan fingerprint density at radius 3 is 2.04 bits per heavy atom. The number of rotatable bonds is 4. The Morgan fingerprint density at radius 2 is 1.50 bits per heavy atom. The molecule has 0 saturated carbocycles. The highest BCUT2D eigenvalue weighted by Gasteiger charge is 2.42. The molecular formula is C22H25NO3. The molecule has 1 aromatic rings. The number of Topliss-reactive ketones (excluding diaryl/α,β-unsaturated/α-hetero) is 2. The van der Waals surface area contributed by atoms with E-state index in [1.807, 2.05) is 18.2 Å². The van der Waals surface area contributed by atoms with Gasteiger partial charge in [-0.2, -0.15) is 0 Å². The second-order valence-corrected chi connectivity index (χ2v) is 7.26. The summed E-state index contributed by atoms with van der Waals surface area (Å²) in [5.41, 5.74) is 5.02. The molecule has 0 radical (unpaired) electrons. The summed E-state index contributed by atoms with van der Waals surface area (Å²) in [7, 11) is 1.69. The predicted molar refractivity (Wildman–Crippen MR) is 99.5 cm³/mol. The third-order valence-electron chi connectivity index (χ3n) is 5.74. The van der Waals surface area contributed by atoms with Crippen molar-refractivity contribution in [3.05, 3.63) is 58.4 Å². The average Bonchev–Trinajstić information content (AvgIpc) is 2.67. The van der Waals surface area contributed by atoms with Crippen LogP contribution in [-0.2, 0) is 14.3 Å². The van der Waals surface area contributed by atoms with E-state index in [0.29, 0.717) is 26.0 Å². The minimum Gasteiger partial charge on any atom is -0.383 e. The zero-order chi connectivity index (χ0) is 18.1. The largest absolute Gasteiger partial charge is 0.383 e. The van der Waals surface area contributed by atoms with Gasteiger partial charge in [-0.1, -0.05) is 30.3 Å². The summed E-state index contributed by atoms with van der Waals surface area (Å²) >= 11 is 0. The first-order valence-corrected chi connectivity index (χ1v) is 9.56. The average molecular weight is 351 g/mol. The zero-order valence-electron chi connectivity index (χ0n) is 15.3. The van der Waals surface area contributed by atoms with Gasteiger partial charge < -0.3 is 9.64 Å². The van der Waals surface area contributed by atoms with Crippen molar-refractivity contribution in [3.8, 4) is 0 Å². The van der Waals surface area contributed by atoms with Gasteiger partial charge in [0.05, 0.1) is 6.61 Å². The number of allylic oxidation sites excluding steroid dienone is 4. The third kappa shape index (κ3) is 2.82. The molecule has 1 aromatic carbocycles. The van der Waals surface area contributed by atoms with Gasteiger partial charge in [-0.05, 0) is 31.2 Å². The first-order chi connectivity index (χ1) is 12.7. The van der Waals surface area contributed by atoms with Gasteiger partial charge in [0.15, 0.2) is 11.6 Å². The van der Waals surface area contributed by atoms with Crippen LogP contribution in [0, 0.1) is 0 Å². The Hall–Kier alpha value is -2.20. The van der Waals surface area contributed by atoms with E-state index < -0.39 is 0 Å². The molecule has 1 aliphatic heterocycles. The molecule has 0 fully saturated rings. The Labute approximate surface area is 154 Å². The van der Waals surface area contributed by atoms with Gasteiger partial charge in [0.25, 0.3) is 0 Å². The molecule has 26 heavy (non-hydrogen) atoms. The van der Waals surface area contributed by atoms with Crippen LogP contribution >= 0.6 is 0 Å². The van der Waals surface area contributed by atoms with Crippen molar-refractivity contribution in [1.82, 2.24) is 4.90 Å². The van der Waals surface area contributed by atoms with Crippen molar-refractivity contribution in [2.45, 2.75) is 44.4 Å². The fourth-order valence-electron chi connectivity index (χ4n) is 4.65. The van der Waals surface area contributed by atoms with Gasteiger partial charge in [-0.15, -0.1) is 0 Å². The molecule has 0 atom stereocenters. The Kier molecular flexibility index (Phi) is 4.77. The van der Waals surface area contributed by atoms with Crippen LogP contribution < -0.4 is 0 Å². The Balaban J connectivity index is 1.91. The van der Waals surface area contributed by atoms with E-state index in [9.17, 15) is 9.59 Å². The Morgan fingerprint density at radius 1 is 0.923 bits per heavy atom. The number of hydrogen-bond donors (Lipinski definition) is 0. The summed E-state index contributed by atoms with van der Waals surface area (Å²) < 4.78 is 5.31. The molecule has 0 unspecified atom stereocenters. The Bertz CT molecular complexity index is 747. The van der Waals surface area contributed by atoms with E-state index >= 15 is 0 Å². The summed E-state index contributed by atoms with van der Waals surface area (Å²) in [5.74, 6) is 0.209. The van der Waals surface area contributed by atoms with E-state index in [0.717, 1.165) is 53.8 Å². The normalized spacial score (nSPS) is 21.2. The van der Waals surface area contributed by atoms with Crippen LogP contribution in [-0.4, -0.2) is 36.7 Å². The summed E-state index contributed by atoms with van der Waals surface area (Å²) in [6.07, 6.45) is 4.74. The number of carbonyl (C=O) groups excluding carboxylic acids is 2. The summed E-state index contributed by atoms with van der Waals surface area (Å²) in [5, 5.41) is 0. The highest BCUT2D eigenvalue weighted by atomic mass is 16.5. The number of ether oxygens (including phenoxy) is 1. The monoisotopic (exact) mass is 351 g/mol. The molecule has 0 aromatic heterocycles. The smallest absolute Gasteiger partial charge is 0.161 e. The molecule has 0 amide bonds. The maximum absolute atomic E-state index is 13.0. The molecule has 4 rings (SSSR count). The van der Waals surface area contributed by atoms with Gasteiger partial charge >= 0.3 is 0 Å². The number of nitrogens with zero attached hydrogens (tertiary/aromatic N) is 1. The van der Waals surface area contributed by atoms with Crippen LogP contribution in [0.25, 0.3) is 0 Å². The first kappa shape index (κ1) is 17.2. The number of methoxy groups -OCH3 is 1. The summed E-state index contributed by atoms with van der Waals surface area (Å²) in [4.78, 5) is 28.2. The van der Waals surface area contributed by atoms with Gasteiger partial charge in [0.1, 0.15) is 0 Å². The molecule has 2 aliphatic carbocycles. The van der Waals surface area contributed by atoms with Crippen LogP contribution in [0.1, 0.15) is 50.0 Å². The van der Waals surface area contributed by atoms with Gasteiger partial charge in [0, 0.05) is 55.0 Å². The maximum atomic E-state index is 13.0. The zero-order valence-corrected chi connectivity index (χ0v) is 15.3. The summed E-state index contributed by atoms with van der Waals surface area (Å²) in [6.45, 7) is 1.29. The van der Waals surface area contributed by atoms with Crippen LogP contribution in [0.2, 0.25) is 0 Å². The SMILES string of the molecule is COCCN1C2=C(C(=O)CCC2)C(c2ccccc2)C2=C1CCCC2=O. The highest BCUT2D eigenvalue weighted by Crippen LogP contribution is 2.48. The fraction of sp³-hybridized carbons (Fsp3) is 0.455. The van der Waals surface area contributed by atoms with Gasteiger partial charge in [-0.3, -0.25) is 9.59 Å². The lowest BCUT2D eigenvalue weighted by Gasteiger charge is -2.44. The molecule has 1 heterocycles. The van der Waals surface area contributed by atoms with Crippen molar-refractivity contribution in [3.63, 3.8) is 0 Å². The van der Waals surface area contributed by atoms with E-state index in [2.05, 4.69) is 17.0 Å². The first-order valence-electron chi connectivity index (χ1n) is 9.56. The van der Waals surface area contributed by atoms with E-state index in [-0.39, 0.29) is 17.5 Å². The number of benzene rings is 1. The quantitative estimate of drug-likeness (QED) is 0.829. The van der Waals surface area contributed by atoms with Crippen molar-refractivity contribution in [2.75, 3.05) is 20.3 Å². The lowest BCUT2D eigenvalue weighted by molar-refractivity contribution is -0.117. The molecule has 0 bridgehead atoms. The molecule has 4 nitrogen and oxygen atoms in total. The van der Waals surface area contributed by atoms with Crippen LogP contribution in [0.4, 0.5) is 0 Å². The predicted octanol–water partition coefficient (Wildman–Crippen LogP) is 3.75. The summed E-state index contributed by atoms with van der Waals surface area (Å²) in [6, 6.07) is 10.1. The number of hydrogen-bond acceptors (Lipinski definition) is 4. The van der Waals surface area contributed by atoms with Crippen molar-refractivity contribution >= 4 is 11.6 Å². The number of ketones is 2. The van der Waals surface area contributed by atoms with Crippen molar-refractivity contribution in [2.24, 2.45) is 0 Å². The van der Waals surface area contributed by atoms with Crippen molar-refractivity contribution in [1.29, 1.82) is 0 Å². The lowest BCUT2D eigenvalue weighted by atomic mass is 9.71. The molecule has 3 aliphatic rings. The molecule has 0 saturated heterocycles. The molecule has 0 N–H and O–H groups in total. The minimum atomic E-state index is -0.194. The third-order valence-corrected chi connectivity index (χ3v) is 5.74. The van der Waals surface area contributed by atoms with Gasteiger partial charge in [-0.25, -0.2) is 0 Å². The minimum absolute atomic E-state index is 0.194. The van der Waals surface area contributed by atoms with Crippen LogP contribution in [0.3, 0.4) is 0 Å². The lowest BCUT2D eigenvalue weighted by Crippen LogP contribution is -2.40. The topological polar surface area (TPSA) is 46.6 Å². The highest BCUT2D eigenvalue weighted by molar-refractivity contribution is 6.06. The fourth-order valence-corrected chi connectivity index (χ4v) is 4.65. The second-order valence-electron chi connectivity index (χ2n) is 7.26. The molecule has 4 heteroatoms. The van der Waals surface area contributed by atoms with Crippen molar-refractivity contribution < 1.29 is 14.3 Å². The van der Waals surface area contributed by atoms with Crippen LogP contribution in [0.5, 0.6) is 0 Å². The van der Waals surface area contributed by atoms with Crippen LogP contribution in [0.15, 0.2) is 52.9 Å². The molecular weight excluding hydrogens is 326 g/mol. The molecule has 136 valence electrons. The van der Waals surface area contributed by atoms with E-state index in [4.69, 9.17) is 4.74 Å². The van der Waals surface area contributed by atoms with Gasteiger partial charge in [0.2, 0.25) is 0 Å². The number of carbonyl (C=O) groups is 2. The maximum Gasteiger partial charge on any atom is 0.161 e.